The van der Waals surface area contributed by atoms with Crippen molar-refractivity contribution in [3.8, 4) is 5.69 Å². The lowest BCUT2D eigenvalue weighted by molar-refractivity contribution is -0.135. The molecule has 1 heterocycles. The number of amides is 6. The summed E-state index contributed by atoms with van der Waals surface area (Å²) >= 11 is 0. The molecular weight excluding hydrogens is 722 g/mol. The molecule has 20 heteroatoms. The van der Waals surface area contributed by atoms with E-state index in [0.717, 1.165) is 12.1 Å². The van der Waals surface area contributed by atoms with Crippen molar-refractivity contribution in [1.29, 1.82) is 0 Å². The zero-order valence-corrected chi connectivity index (χ0v) is 30.6. The molecule has 12 N–H and O–H groups in total. The molecule has 0 unspecified atom stereocenters. The third kappa shape index (κ3) is 13.8. The SMILES string of the molecule is Cc1nc(C(=O)N[C@@H](CCCN=C(N)N)C(=O)N[C@@H](CC(C)C)C(=O)N[C@@H](CC(N)=O)C(=O)N[C@@H](Cc2ccc(F)cc2)C(N)=O)nn1-c1ccc(F)cc1. The molecular formula is C35H46F2N12O6. The number of aromatic nitrogens is 3. The maximum Gasteiger partial charge on any atom is 0.291 e. The second kappa shape index (κ2) is 20.1. The maximum atomic E-state index is 13.8. The fourth-order valence-electron chi connectivity index (χ4n) is 5.32. The highest BCUT2D eigenvalue weighted by atomic mass is 19.1. The Labute approximate surface area is 315 Å². The van der Waals surface area contributed by atoms with Crippen molar-refractivity contribution in [2.75, 3.05) is 6.54 Å². The van der Waals surface area contributed by atoms with Crippen LogP contribution in [-0.4, -0.2) is 86.9 Å². The summed E-state index contributed by atoms with van der Waals surface area (Å²) in [6.07, 6.45) is -0.537. The average molecular weight is 769 g/mol. The van der Waals surface area contributed by atoms with E-state index >= 15 is 0 Å². The van der Waals surface area contributed by atoms with Crippen LogP contribution in [0.2, 0.25) is 0 Å². The molecule has 3 rings (SSSR count). The Balaban J connectivity index is 1.81. The van der Waals surface area contributed by atoms with Crippen molar-refractivity contribution in [3.63, 3.8) is 0 Å². The van der Waals surface area contributed by atoms with Gasteiger partial charge in [0, 0.05) is 13.0 Å². The first kappa shape index (κ1) is 42.9. The van der Waals surface area contributed by atoms with Gasteiger partial charge in [0.25, 0.3) is 5.91 Å². The first-order chi connectivity index (χ1) is 25.9. The van der Waals surface area contributed by atoms with Crippen molar-refractivity contribution in [1.82, 2.24) is 36.0 Å². The molecule has 18 nitrogen and oxygen atoms in total. The van der Waals surface area contributed by atoms with Crippen LogP contribution in [0.15, 0.2) is 53.5 Å². The molecule has 296 valence electrons. The highest BCUT2D eigenvalue weighted by Crippen LogP contribution is 2.13. The highest BCUT2D eigenvalue weighted by molar-refractivity contribution is 5.98. The van der Waals surface area contributed by atoms with Gasteiger partial charge in [0.05, 0.1) is 12.1 Å². The Morgan fingerprint density at radius 1 is 0.764 bits per heavy atom. The number of rotatable bonds is 20. The number of halogens is 2. The predicted molar refractivity (Wildman–Crippen MR) is 196 cm³/mol. The minimum Gasteiger partial charge on any atom is -0.370 e. The zero-order chi connectivity index (χ0) is 40.8. The predicted octanol–water partition coefficient (Wildman–Crippen LogP) is -0.890. The summed E-state index contributed by atoms with van der Waals surface area (Å²) in [5.74, 6) is -6.74. The lowest BCUT2D eigenvalue weighted by atomic mass is 10.0. The molecule has 0 saturated carbocycles. The number of carbonyl (C=O) groups is 6. The van der Waals surface area contributed by atoms with E-state index < -0.39 is 77.7 Å². The van der Waals surface area contributed by atoms with Gasteiger partial charge < -0.3 is 44.2 Å². The molecule has 0 saturated heterocycles. The lowest BCUT2D eigenvalue weighted by Crippen LogP contribution is -2.59. The second-order valence-electron chi connectivity index (χ2n) is 13.1. The zero-order valence-electron chi connectivity index (χ0n) is 30.6. The summed E-state index contributed by atoms with van der Waals surface area (Å²) in [4.78, 5) is 86.4. The van der Waals surface area contributed by atoms with Gasteiger partial charge in [-0.15, -0.1) is 5.10 Å². The van der Waals surface area contributed by atoms with E-state index in [-0.39, 0.29) is 49.9 Å². The quantitative estimate of drug-likeness (QED) is 0.0398. The van der Waals surface area contributed by atoms with Crippen LogP contribution in [0.1, 0.15) is 61.5 Å². The summed E-state index contributed by atoms with van der Waals surface area (Å²) in [6, 6.07) is 4.98. The largest absolute Gasteiger partial charge is 0.370 e. The Kier molecular flexibility index (Phi) is 15.7. The Hall–Kier alpha value is -6.47. The molecule has 55 heavy (non-hydrogen) atoms. The van der Waals surface area contributed by atoms with Crippen LogP contribution in [0.25, 0.3) is 5.69 Å². The minimum absolute atomic E-state index is 0.00269. The Morgan fingerprint density at radius 2 is 1.31 bits per heavy atom. The Bertz CT molecular complexity index is 1860. The van der Waals surface area contributed by atoms with Gasteiger partial charge in [-0.3, -0.25) is 33.8 Å². The van der Waals surface area contributed by atoms with Crippen LogP contribution in [0.5, 0.6) is 0 Å². The number of hydrogen-bond acceptors (Lipinski definition) is 9. The smallest absolute Gasteiger partial charge is 0.291 e. The first-order valence-corrected chi connectivity index (χ1v) is 17.2. The fraction of sp³-hybridized carbons (Fsp3) is 0.400. The van der Waals surface area contributed by atoms with Gasteiger partial charge in [0.1, 0.15) is 41.6 Å². The van der Waals surface area contributed by atoms with Crippen molar-refractivity contribution >= 4 is 41.4 Å². The van der Waals surface area contributed by atoms with E-state index in [1.54, 1.807) is 20.8 Å². The molecule has 1 aromatic heterocycles. The molecule has 0 bridgehead atoms. The van der Waals surface area contributed by atoms with Crippen molar-refractivity contribution in [2.45, 2.75) is 77.0 Å². The van der Waals surface area contributed by atoms with E-state index in [1.165, 1.54) is 41.1 Å². The van der Waals surface area contributed by atoms with E-state index in [4.69, 9.17) is 22.9 Å². The number of aryl methyl sites for hydroxylation is 1. The monoisotopic (exact) mass is 768 g/mol. The lowest BCUT2D eigenvalue weighted by Gasteiger charge is -2.26. The number of nitrogens with one attached hydrogen (secondary N) is 4. The number of guanidine groups is 1. The highest BCUT2D eigenvalue weighted by Gasteiger charge is 2.33. The Morgan fingerprint density at radius 3 is 1.87 bits per heavy atom. The maximum absolute atomic E-state index is 13.8. The van der Waals surface area contributed by atoms with Gasteiger partial charge in [-0.05, 0) is 74.1 Å². The molecule has 0 fully saturated rings. The number of carbonyl (C=O) groups excluding carboxylic acids is 6. The van der Waals surface area contributed by atoms with Crippen molar-refractivity contribution < 1.29 is 37.5 Å². The van der Waals surface area contributed by atoms with Crippen molar-refractivity contribution in [3.05, 3.63) is 77.4 Å². The molecule has 0 aliphatic heterocycles. The number of hydrogen-bond donors (Lipinski definition) is 8. The second-order valence-corrected chi connectivity index (χ2v) is 13.1. The normalized spacial score (nSPS) is 13.1. The van der Waals surface area contributed by atoms with Gasteiger partial charge in [-0.2, -0.15) is 0 Å². The van der Waals surface area contributed by atoms with Gasteiger partial charge in [-0.1, -0.05) is 26.0 Å². The number of nitrogens with two attached hydrogens (primary N) is 4. The van der Waals surface area contributed by atoms with E-state index in [0.29, 0.717) is 17.1 Å². The van der Waals surface area contributed by atoms with Gasteiger partial charge in [0.2, 0.25) is 35.4 Å². The summed E-state index contributed by atoms with van der Waals surface area (Å²) in [6.45, 7) is 5.22. The standard InChI is InChI=1S/C35H46F2N12O6/c1-18(2)15-26(32(53)47-27(17-28(38)50)33(54)45-25(29(39)51)16-20-6-8-21(36)9-7-20)46-31(52)24(5-4-14-42-35(40)41)44-34(55)30-43-19(3)49(48-30)23-12-10-22(37)11-13-23/h6-13,18,24-27H,4-5,14-17H2,1-3H3,(H2,38,50)(H2,39,51)(H,44,55)(H,45,54)(H,46,52)(H,47,53)(H4,40,41,42)/t24-,25-,26-,27-/m0/s1. The molecule has 2 aromatic carbocycles. The summed E-state index contributed by atoms with van der Waals surface area (Å²) in [5.41, 5.74) is 22.6. The van der Waals surface area contributed by atoms with Crippen LogP contribution in [0.4, 0.5) is 8.78 Å². The van der Waals surface area contributed by atoms with E-state index in [2.05, 4.69) is 36.3 Å². The summed E-state index contributed by atoms with van der Waals surface area (Å²) < 4.78 is 28.2. The van der Waals surface area contributed by atoms with E-state index in [1.807, 2.05) is 0 Å². The van der Waals surface area contributed by atoms with Gasteiger partial charge >= 0.3 is 0 Å². The van der Waals surface area contributed by atoms with Crippen LogP contribution in [0.3, 0.4) is 0 Å². The van der Waals surface area contributed by atoms with Crippen LogP contribution in [0, 0.1) is 24.5 Å². The molecule has 0 radical (unpaired) electrons. The molecule has 0 spiro atoms. The van der Waals surface area contributed by atoms with Crippen LogP contribution < -0.4 is 44.2 Å². The summed E-state index contributed by atoms with van der Waals surface area (Å²) in [5, 5.41) is 14.2. The van der Waals surface area contributed by atoms with E-state index in [9.17, 15) is 37.5 Å². The third-order valence-electron chi connectivity index (χ3n) is 8.00. The molecule has 0 aliphatic rings. The molecule has 0 aliphatic carbocycles. The minimum atomic E-state index is -1.59. The molecule has 4 atom stereocenters. The van der Waals surface area contributed by atoms with Gasteiger partial charge in [0.15, 0.2) is 5.96 Å². The average Bonchev–Trinajstić information content (AvgIpc) is 3.50. The van der Waals surface area contributed by atoms with Crippen molar-refractivity contribution in [2.24, 2.45) is 33.8 Å². The van der Waals surface area contributed by atoms with Crippen LogP contribution >= 0.6 is 0 Å². The third-order valence-corrected chi connectivity index (χ3v) is 8.00. The topological polar surface area (TPSA) is 298 Å². The number of aliphatic imine (C=N–C) groups is 1. The van der Waals surface area contributed by atoms with Crippen LogP contribution in [-0.2, 0) is 30.4 Å². The first-order valence-electron chi connectivity index (χ1n) is 17.2. The summed E-state index contributed by atoms with van der Waals surface area (Å²) in [7, 11) is 0. The number of nitrogens with zero attached hydrogens (tertiary/aromatic N) is 4. The fourth-order valence-corrected chi connectivity index (χ4v) is 5.32. The van der Waals surface area contributed by atoms with Gasteiger partial charge in [-0.25, -0.2) is 18.4 Å². The molecule has 3 aromatic rings. The molecule has 6 amide bonds. The number of benzene rings is 2. The number of primary amides is 2.